The molecule has 0 N–H and O–H groups in total. The van der Waals surface area contributed by atoms with Crippen LogP contribution < -0.4 is 4.90 Å². The largest absolute Gasteiger partial charge is 0.309 e. The molecule has 0 radical (unpaired) electrons. The van der Waals surface area contributed by atoms with Crippen LogP contribution in [-0.2, 0) is 25.7 Å². The quantitative estimate of drug-likeness (QED) is 0.240. The predicted molar refractivity (Wildman–Crippen MR) is 141 cm³/mol. The molecule has 5 aromatic rings. The SMILES string of the molecule is c1ccc2c(c1)Cc1c-2ccc2c1-c1ccc3c(c1C2)Cc1cccc2c1N3c1ccncc1C2. The Labute approximate surface area is 204 Å². The summed E-state index contributed by atoms with van der Waals surface area (Å²) in [4.78, 5) is 6.97. The van der Waals surface area contributed by atoms with E-state index in [4.69, 9.17) is 0 Å². The Morgan fingerprint density at radius 2 is 1.31 bits per heavy atom. The van der Waals surface area contributed by atoms with Crippen molar-refractivity contribution in [3.63, 3.8) is 0 Å². The zero-order valence-corrected chi connectivity index (χ0v) is 19.3. The summed E-state index contributed by atoms with van der Waals surface area (Å²) in [7, 11) is 0. The first kappa shape index (κ1) is 18.2. The van der Waals surface area contributed by atoms with Crippen LogP contribution >= 0.6 is 0 Å². The van der Waals surface area contributed by atoms with Crippen LogP contribution in [0.1, 0.15) is 44.5 Å². The molecule has 2 aliphatic carbocycles. The lowest BCUT2D eigenvalue weighted by molar-refractivity contribution is 0.988. The number of hydrogen-bond acceptors (Lipinski definition) is 2. The van der Waals surface area contributed by atoms with Gasteiger partial charge >= 0.3 is 0 Å². The van der Waals surface area contributed by atoms with Gasteiger partial charge in [-0.25, -0.2) is 0 Å². The predicted octanol–water partition coefficient (Wildman–Crippen LogP) is 7.50. The van der Waals surface area contributed by atoms with Crippen LogP contribution in [0.15, 0.2) is 85.2 Å². The van der Waals surface area contributed by atoms with Crippen LogP contribution in [0.25, 0.3) is 22.3 Å². The Bertz CT molecular complexity index is 1760. The van der Waals surface area contributed by atoms with Gasteiger partial charge in [-0.2, -0.15) is 0 Å². The highest BCUT2D eigenvalue weighted by Crippen LogP contribution is 2.55. The van der Waals surface area contributed by atoms with Gasteiger partial charge in [0.2, 0.25) is 0 Å². The summed E-state index contributed by atoms with van der Waals surface area (Å²) in [5.41, 5.74) is 21.5. The summed E-state index contributed by atoms with van der Waals surface area (Å²) >= 11 is 0. The number of hydrogen-bond donors (Lipinski definition) is 0. The van der Waals surface area contributed by atoms with Crippen LogP contribution in [0.4, 0.5) is 17.1 Å². The lowest BCUT2D eigenvalue weighted by atomic mass is 9.84. The van der Waals surface area contributed by atoms with Crippen molar-refractivity contribution < 1.29 is 0 Å². The zero-order valence-electron chi connectivity index (χ0n) is 19.3. The monoisotopic (exact) mass is 446 g/mol. The smallest absolute Gasteiger partial charge is 0.0532 e. The highest BCUT2D eigenvalue weighted by Gasteiger charge is 2.36. The van der Waals surface area contributed by atoms with Gasteiger partial charge in [-0.3, -0.25) is 4.98 Å². The molecule has 35 heavy (non-hydrogen) atoms. The molecule has 9 rings (SSSR count). The molecule has 3 heterocycles. The van der Waals surface area contributed by atoms with Crippen LogP contribution in [-0.4, -0.2) is 4.98 Å². The van der Waals surface area contributed by atoms with Gasteiger partial charge in [-0.15, -0.1) is 0 Å². The van der Waals surface area contributed by atoms with E-state index in [1.54, 1.807) is 0 Å². The first-order chi connectivity index (χ1) is 17.3. The van der Waals surface area contributed by atoms with Crippen molar-refractivity contribution in [1.82, 2.24) is 4.98 Å². The number of pyridine rings is 1. The summed E-state index contributed by atoms with van der Waals surface area (Å²) in [6.45, 7) is 0. The molecule has 0 bridgehead atoms. The second kappa shape index (κ2) is 6.28. The first-order valence-corrected chi connectivity index (χ1v) is 12.6. The van der Waals surface area contributed by atoms with E-state index in [1.165, 1.54) is 83.8 Å². The van der Waals surface area contributed by atoms with E-state index in [-0.39, 0.29) is 0 Å². The number of para-hydroxylation sites is 1. The minimum Gasteiger partial charge on any atom is -0.309 e. The Morgan fingerprint density at radius 1 is 0.514 bits per heavy atom. The van der Waals surface area contributed by atoms with Gasteiger partial charge in [0.1, 0.15) is 0 Å². The van der Waals surface area contributed by atoms with Crippen molar-refractivity contribution in [2.45, 2.75) is 25.7 Å². The lowest BCUT2D eigenvalue weighted by Gasteiger charge is -2.39. The normalized spacial score (nSPS) is 14.9. The third-order valence-electron chi connectivity index (χ3n) is 8.65. The molecule has 4 aliphatic rings. The van der Waals surface area contributed by atoms with Gasteiger partial charge in [0.15, 0.2) is 0 Å². The molecule has 4 aromatic carbocycles. The molecule has 2 nitrogen and oxygen atoms in total. The van der Waals surface area contributed by atoms with Crippen LogP contribution in [0, 0.1) is 0 Å². The average molecular weight is 447 g/mol. The fourth-order valence-electron chi connectivity index (χ4n) is 7.21. The van der Waals surface area contributed by atoms with E-state index in [0.29, 0.717) is 0 Å². The molecule has 0 unspecified atom stereocenters. The maximum atomic E-state index is 4.44. The number of rotatable bonds is 0. The highest BCUT2D eigenvalue weighted by molar-refractivity contribution is 5.95. The molecule has 0 amide bonds. The van der Waals surface area contributed by atoms with Crippen molar-refractivity contribution in [2.75, 3.05) is 4.90 Å². The standard InChI is InChI=1S/C33H22N2/c1-2-7-24-19(4-1)15-29-25(24)9-8-20-16-27-26(32(20)29)10-11-31-28(27)17-22-6-3-5-21-14-23-18-34-13-12-30(23)35(31)33(21)22/h1-13,18H,14-17H2. The Morgan fingerprint density at radius 3 is 2.29 bits per heavy atom. The van der Waals surface area contributed by atoms with Crippen molar-refractivity contribution in [2.24, 2.45) is 0 Å². The first-order valence-electron chi connectivity index (χ1n) is 12.6. The van der Waals surface area contributed by atoms with Crippen molar-refractivity contribution in [1.29, 1.82) is 0 Å². The van der Waals surface area contributed by atoms with E-state index in [0.717, 1.165) is 25.7 Å². The van der Waals surface area contributed by atoms with Gasteiger partial charge < -0.3 is 4.90 Å². The summed E-state index contributed by atoms with van der Waals surface area (Å²) in [5, 5.41) is 0. The summed E-state index contributed by atoms with van der Waals surface area (Å²) in [6.07, 6.45) is 8.03. The second-order valence-electron chi connectivity index (χ2n) is 10.3. The van der Waals surface area contributed by atoms with Gasteiger partial charge in [0, 0.05) is 25.2 Å². The number of fused-ring (bicyclic) bond motifs is 12. The van der Waals surface area contributed by atoms with E-state index >= 15 is 0 Å². The Kier molecular flexibility index (Phi) is 3.27. The molecule has 2 aliphatic heterocycles. The molecule has 0 spiro atoms. The lowest BCUT2D eigenvalue weighted by Crippen LogP contribution is -2.25. The van der Waals surface area contributed by atoms with E-state index in [9.17, 15) is 0 Å². The van der Waals surface area contributed by atoms with Gasteiger partial charge in [0.05, 0.1) is 17.1 Å². The number of aromatic nitrogens is 1. The Hall–Kier alpha value is -4.17. The van der Waals surface area contributed by atoms with Crippen molar-refractivity contribution in [3.05, 3.63) is 130 Å². The van der Waals surface area contributed by atoms with Gasteiger partial charge in [-0.1, -0.05) is 60.7 Å². The van der Waals surface area contributed by atoms with E-state index in [2.05, 4.69) is 82.7 Å². The van der Waals surface area contributed by atoms with Crippen LogP contribution in [0.5, 0.6) is 0 Å². The second-order valence-corrected chi connectivity index (χ2v) is 10.3. The third-order valence-corrected chi connectivity index (χ3v) is 8.65. The Balaban J connectivity index is 1.28. The summed E-state index contributed by atoms with van der Waals surface area (Å²) in [6, 6.07) is 27.5. The minimum atomic E-state index is 0.960. The molecular formula is C33H22N2. The molecule has 164 valence electrons. The van der Waals surface area contributed by atoms with Crippen LogP contribution in [0.3, 0.4) is 0 Å². The number of nitrogens with zero attached hydrogens (tertiary/aromatic N) is 2. The van der Waals surface area contributed by atoms with Crippen molar-refractivity contribution >= 4 is 17.1 Å². The van der Waals surface area contributed by atoms with E-state index in [1.807, 2.05) is 12.4 Å². The number of anilines is 3. The van der Waals surface area contributed by atoms with Gasteiger partial charge in [-0.05, 0) is 91.7 Å². The molecule has 0 atom stereocenters. The highest BCUT2D eigenvalue weighted by atomic mass is 15.2. The fourth-order valence-corrected chi connectivity index (χ4v) is 7.21. The van der Waals surface area contributed by atoms with E-state index < -0.39 is 0 Å². The summed E-state index contributed by atoms with van der Waals surface area (Å²) in [5.74, 6) is 0. The average Bonchev–Trinajstić information content (AvgIpc) is 3.47. The number of benzene rings is 4. The molecule has 0 fully saturated rings. The zero-order chi connectivity index (χ0) is 22.7. The maximum Gasteiger partial charge on any atom is 0.0532 e. The molecule has 0 saturated carbocycles. The molecule has 0 saturated heterocycles. The van der Waals surface area contributed by atoms with Gasteiger partial charge in [0.25, 0.3) is 0 Å². The molecule has 2 heteroatoms. The fraction of sp³-hybridized carbons (Fsp3) is 0.121. The third kappa shape index (κ3) is 2.23. The van der Waals surface area contributed by atoms with Crippen LogP contribution in [0.2, 0.25) is 0 Å². The maximum absolute atomic E-state index is 4.44. The van der Waals surface area contributed by atoms with Crippen molar-refractivity contribution in [3.8, 4) is 22.3 Å². The molecule has 1 aromatic heterocycles. The molecular weight excluding hydrogens is 424 g/mol. The topological polar surface area (TPSA) is 16.1 Å². The minimum absolute atomic E-state index is 0.960. The summed E-state index contributed by atoms with van der Waals surface area (Å²) < 4.78 is 0.